The largest absolute Gasteiger partial charge is 0.476 e. The smallest absolute Gasteiger partial charge is 0.358 e. The molecule has 0 spiro atoms. The van der Waals surface area contributed by atoms with Crippen LogP contribution >= 0.6 is 11.3 Å². The van der Waals surface area contributed by atoms with Crippen LogP contribution in [0.2, 0.25) is 0 Å². The third-order valence-corrected chi connectivity index (χ3v) is 3.85. The third-order valence-electron chi connectivity index (χ3n) is 2.93. The predicted octanol–water partition coefficient (Wildman–Crippen LogP) is 1.85. The molecule has 0 saturated carbocycles. The van der Waals surface area contributed by atoms with Gasteiger partial charge in [-0.15, -0.1) is 16.4 Å². The van der Waals surface area contributed by atoms with Gasteiger partial charge >= 0.3 is 5.97 Å². The van der Waals surface area contributed by atoms with Crippen LogP contribution in [0.4, 0.5) is 0 Å². The van der Waals surface area contributed by atoms with E-state index in [2.05, 4.69) is 20.3 Å². The number of carboxylic acid groups (broad SMARTS) is 1. The van der Waals surface area contributed by atoms with E-state index in [1.54, 1.807) is 13.1 Å². The summed E-state index contributed by atoms with van der Waals surface area (Å²) in [6.07, 6.45) is 1.72. The van der Waals surface area contributed by atoms with E-state index in [-0.39, 0.29) is 5.69 Å². The Balaban J connectivity index is 1.84. The standard InChI is InChI=1S/C13H11N5O2S/c1-8-11(13(19)20)16-17-18(8)6-9-7-21-12(15-9)10-4-2-3-5-14-10/h2-5,7H,6H2,1H3,(H,19,20). The van der Waals surface area contributed by atoms with Crippen LogP contribution in [0.3, 0.4) is 0 Å². The molecule has 3 aromatic heterocycles. The maximum atomic E-state index is 10.9. The summed E-state index contributed by atoms with van der Waals surface area (Å²) in [7, 11) is 0. The van der Waals surface area contributed by atoms with Crippen LogP contribution in [0.25, 0.3) is 10.7 Å². The molecule has 8 heteroatoms. The zero-order chi connectivity index (χ0) is 14.8. The molecule has 21 heavy (non-hydrogen) atoms. The molecule has 0 radical (unpaired) electrons. The Labute approximate surface area is 123 Å². The van der Waals surface area contributed by atoms with Gasteiger partial charge in [-0.2, -0.15) is 0 Å². The molecular weight excluding hydrogens is 290 g/mol. The van der Waals surface area contributed by atoms with Gasteiger partial charge in [-0.05, 0) is 19.1 Å². The lowest BCUT2D eigenvalue weighted by atomic mass is 10.3. The minimum Gasteiger partial charge on any atom is -0.476 e. The number of carboxylic acids is 1. The molecule has 7 nitrogen and oxygen atoms in total. The fourth-order valence-electron chi connectivity index (χ4n) is 1.85. The Morgan fingerprint density at radius 3 is 2.95 bits per heavy atom. The lowest BCUT2D eigenvalue weighted by molar-refractivity contribution is 0.0689. The normalized spacial score (nSPS) is 10.7. The first kappa shape index (κ1) is 13.4. The maximum absolute atomic E-state index is 10.9. The molecule has 0 aliphatic heterocycles. The van der Waals surface area contributed by atoms with Crippen molar-refractivity contribution in [3.05, 3.63) is 46.9 Å². The average Bonchev–Trinajstić information content (AvgIpc) is 3.08. The van der Waals surface area contributed by atoms with E-state index in [0.29, 0.717) is 12.2 Å². The fraction of sp³-hybridized carbons (Fsp3) is 0.154. The van der Waals surface area contributed by atoms with Gasteiger partial charge in [0.25, 0.3) is 0 Å². The Hall–Kier alpha value is -2.61. The Kier molecular flexibility index (Phi) is 3.44. The van der Waals surface area contributed by atoms with Crippen LogP contribution in [0, 0.1) is 6.92 Å². The van der Waals surface area contributed by atoms with Crippen molar-refractivity contribution in [1.82, 2.24) is 25.0 Å². The monoisotopic (exact) mass is 301 g/mol. The number of carbonyl (C=O) groups is 1. The van der Waals surface area contributed by atoms with Crippen LogP contribution in [-0.2, 0) is 6.54 Å². The van der Waals surface area contributed by atoms with Gasteiger partial charge in [0.05, 0.1) is 23.6 Å². The molecule has 0 bridgehead atoms. The van der Waals surface area contributed by atoms with Crippen LogP contribution in [0.5, 0.6) is 0 Å². The highest BCUT2D eigenvalue weighted by Crippen LogP contribution is 2.21. The first-order valence-electron chi connectivity index (χ1n) is 6.14. The van der Waals surface area contributed by atoms with Crippen LogP contribution in [0.15, 0.2) is 29.8 Å². The molecule has 3 heterocycles. The zero-order valence-corrected chi connectivity index (χ0v) is 11.9. The molecule has 0 aromatic carbocycles. The predicted molar refractivity (Wildman–Crippen MR) is 76.2 cm³/mol. The van der Waals surface area contributed by atoms with Crippen LogP contribution in [-0.4, -0.2) is 36.0 Å². The molecule has 0 unspecified atom stereocenters. The molecule has 3 rings (SSSR count). The summed E-state index contributed by atoms with van der Waals surface area (Å²) in [5, 5.41) is 19.2. The maximum Gasteiger partial charge on any atom is 0.358 e. The third kappa shape index (κ3) is 2.65. The van der Waals surface area contributed by atoms with Gasteiger partial charge in [-0.3, -0.25) is 4.98 Å². The summed E-state index contributed by atoms with van der Waals surface area (Å²) in [4.78, 5) is 19.7. The van der Waals surface area contributed by atoms with E-state index in [4.69, 9.17) is 5.11 Å². The van der Waals surface area contributed by atoms with Gasteiger partial charge in [0.2, 0.25) is 0 Å². The number of thiazole rings is 1. The first-order valence-corrected chi connectivity index (χ1v) is 7.02. The van der Waals surface area contributed by atoms with E-state index in [1.165, 1.54) is 16.0 Å². The number of aromatic nitrogens is 5. The lowest BCUT2D eigenvalue weighted by Crippen LogP contribution is -2.06. The summed E-state index contributed by atoms with van der Waals surface area (Å²) >= 11 is 1.49. The van der Waals surface area contributed by atoms with Gasteiger partial charge in [0.1, 0.15) is 5.01 Å². The minimum atomic E-state index is -1.08. The quantitative estimate of drug-likeness (QED) is 0.790. The van der Waals surface area contributed by atoms with Crippen LogP contribution in [0.1, 0.15) is 21.9 Å². The molecular formula is C13H11N5O2S. The molecule has 1 N–H and O–H groups in total. The summed E-state index contributed by atoms with van der Waals surface area (Å²) < 4.78 is 1.53. The number of pyridine rings is 1. The van der Waals surface area contributed by atoms with Gasteiger partial charge in [0, 0.05) is 11.6 Å². The van der Waals surface area contributed by atoms with Crippen LogP contribution < -0.4 is 0 Å². The lowest BCUT2D eigenvalue weighted by Gasteiger charge is -1.99. The van der Waals surface area contributed by atoms with E-state index in [0.717, 1.165) is 16.4 Å². The molecule has 0 amide bonds. The van der Waals surface area contributed by atoms with Gasteiger partial charge in [-0.25, -0.2) is 14.5 Å². The highest BCUT2D eigenvalue weighted by Gasteiger charge is 2.16. The topological polar surface area (TPSA) is 93.8 Å². The molecule has 0 saturated heterocycles. The highest BCUT2D eigenvalue weighted by atomic mass is 32.1. The van der Waals surface area contributed by atoms with Crippen molar-refractivity contribution in [3.8, 4) is 10.7 Å². The number of rotatable bonds is 4. The van der Waals surface area contributed by atoms with Crippen molar-refractivity contribution in [3.63, 3.8) is 0 Å². The second-order valence-electron chi connectivity index (χ2n) is 4.35. The van der Waals surface area contributed by atoms with Crippen molar-refractivity contribution in [2.75, 3.05) is 0 Å². The van der Waals surface area contributed by atoms with Crippen molar-refractivity contribution in [2.45, 2.75) is 13.5 Å². The molecule has 0 aliphatic rings. The Bertz CT molecular complexity index is 781. The van der Waals surface area contributed by atoms with E-state index in [9.17, 15) is 4.79 Å². The fourth-order valence-corrected chi connectivity index (χ4v) is 2.63. The Morgan fingerprint density at radius 1 is 1.43 bits per heavy atom. The van der Waals surface area contributed by atoms with Crippen molar-refractivity contribution in [2.24, 2.45) is 0 Å². The summed E-state index contributed by atoms with van der Waals surface area (Å²) in [5.41, 5.74) is 2.09. The molecule has 3 aromatic rings. The second-order valence-corrected chi connectivity index (χ2v) is 5.20. The Morgan fingerprint density at radius 2 is 2.29 bits per heavy atom. The molecule has 106 valence electrons. The minimum absolute atomic E-state index is 0.0322. The summed E-state index contributed by atoms with van der Waals surface area (Å²) in [6.45, 7) is 2.06. The van der Waals surface area contributed by atoms with Crippen molar-refractivity contribution in [1.29, 1.82) is 0 Å². The molecule has 0 atom stereocenters. The van der Waals surface area contributed by atoms with Gasteiger partial charge < -0.3 is 5.11 Å². The zero-order valence-electron chi connectivity index (χ0n) is 11.1. The number of hydrogen-bond donors (Lipinski definition) is 1. The highest BCUT2D eigenvalue weighted by molar-refractivity contribution is 7.13. The molecule has 0 fully saturated rings. The van der Waals surface area contributed by atoms with E-state index in [1.807, 2.05) is 23.6 Å². The van der Waals surface area contributed by atoms with E-state index < -0.39 is 5.97 Å². The number of hydrogen-bond acceptors (Lipinski definition) is 6. The number of aromatic carboxylic acids is 1. The SMILES string of the molecule is Cc1c(C(=O)O)nnn1Cc1csc(-c2ccccn2)n1. The van der Waals surface area contributed by atoms with Crippen molar-refractivity contribution < 1.29 is 9.90 Å². The van der Waals surface area contributed by atoms with Crippen molar-refractivity contribution >= 4 is 17.3 Å². The van der Waals surface area contributed by atoms with Gasteiger partial charge in [0.15, 0.2) is 5.69 Å². The average molecular weight is 301 g/mol. The van der Waals surface area contributed by atoms with E-state index >= 15 is 0 Å². The first-order chi connectivity index (χ1) is 10.1. The van der Waals surface area contributed by atoms with Gasteiger partial charge in [-0.1, -0.05) is 11.3 Å². The molecule has 0 aliphatic carbocycles. The number of nitrogens with zero attached hydrogens (tertiary/aromatic N) is 5. The summed E-state index contributed by atoms with van der Waals surface area (Å²) in [5.74, 6) is -1.08. The summed E-state index contributed by atoms with van der Waals surface area (Å²) in [6, 6.07) is 5.65. The second kappa shape index (κ2) is 5.41.